The van der Waals surface area contributed by atoms with Crippen LogP contribution in [0.3, 0.4) is 0 Å². The van der Waals surface area contributed by atoms with Gasteiger partial charge in [-0.05, 0) is 18.6 Å². The monoisotopic (exact) mass is 191 g/mol. The van der Waals surface area contributed by atoms with Gasteiger partial charge < -0.3 is 4.74 Å². The molecule has 0 N–H and O–H groups in total. The molecule has 1 aromatic heterocycles. The third-order valence-electron chi connectivity index (χ3n) is 1.56. The van der Waals surface area contributed by atoms with Crippen molar-refractivity contribution in [3.05, 3.63) is 23.3 Å². The van der Waals surface area contributed by atoms with Crippen molar-refractivity contribution in [3.63, 3.8) is 0 Å². The smallest absolute Gasteiger partial charge is 0.284 e. The van der Waals surface area contributed by atoms with Gasteiger partial charge >= 0.3 is 0 Å². The van der Waals surface area contributed by atoms with E-state index in [4.69, 9.17) is 0 Å². The van der Waals surface area contributed by atoms with E-state index in [-0.39, 0.29) is 5.75 Å². The number of alkyl halides is 2. The van der Waals surface area contributed by atoms with Crippen LogP contribution in [0.25, 0.3) is 0 Å². The fourth-order valence-corrected chi connectivity index (χ4v) is 1.06. The number of nitrogens with zero attached hydrogens (tertiary/aromatic N) is 1. The minimum absolute atomic E-state index is 0.0589. The molecule has 0 spiro atoms. The molecule has 1 heterocycles. The SMILES string of the molecule is COc1c(C)cc(F)nc1C(F)F. The van der Waals surface area contributed by atoms with Crippen molar-refractivity contribution in [3.8, 4) is 5.75 Å². The predicted molar refractivity (Wildman–Crippen MR) is 40.4 cm³/mol. The van der Waals surface area contributed by atoms with Crippen LogP contribution in [0.15, 0.2) is 6.07 Å². The van der Waals surface area contributed by atoms with Gasteiger partial charge in [-0.25, -0.2) is 13.8 Å². The Labute approximate surface area is 73.4 Å². The predicted octanol–water partition coefficient (Wildman–Crippen LogP) is 2.48. The summed E-state index contributed by atoms with van der Waals surface area (Å²) >= 11 is 0. The molecule has 0 fully saturated rings. The molecule has 0 amide bonds. The van der Waals surface area contributed by atoms with Crippen LogP contribution in [0, 0.1) is 12.9 Å². The largest absolute Gasteiger partial charge is 0.494 e. The molecule has 72 valence electrons. The first-order valence-corrected chi connectivity index (χ1v) is 3.55. The van der Waals surface area contributed by atoms with Gasteiger partial charge in [-0.15, -0.1) is 0 Å². The molecule has 0 atom stereocenters. The number of pyridine rings is 1. The van der Waals surface area contributed by atoms with Crippen molar-refractivity contribution in [1.82, 2.24) is 4.98 Å². The van der Waals surface area contributed by atoms with Gasteiger partial charge in [-0.3, -0.25) is 0 Å². The number of aryl methyl sites for hydroxylation is 1. The van der Waals surface area contributed by atoms with Crippen molar-refractivity contribution in [2.75, 3.05) is 7.11 Å². The van der Waals surface area contributed by atoms with E-state index in [1.165, 1.54) is 14.0 Å². The molecule has 0 radical (unpaired) electrons. The summed E-state index contributed by atoms with van der Waals surface area (Å²) in [7, 11) is 1.24. The summed E-state index contributed by atoms with van der Waals surface area (Å²) in [4.78, 5) is 3.06. The van der Waals surface area contributed by atoms with Crippen molar-refractivity contribution in [2.24, 2.45) is 0 Å². The first kappa shape index (κ1) is 9.83. The summed E-state index contributed by atoms with van der Waals surface area (Å²) in [5.41, 5.74) is -0.342. The van der Waals surface area contributed by atoms with E-state index in [0.29, 0.717) is 5.56 Å². The highest BCUT2D eigenvalue weighted by atomic mass is 19.3. The maximum atomic E-state index is 12.6. The summed E-state index contributed by atoms with van der Waals surface area (Å²) in [6.07, 6.45) is -2.83. The summed E-state index contributed by atoms with van der Waals surface area (Å²) in [5, 5.41) is 0. The second kappa shape index (κ2) is 3.64. The molecule has 0 aromatic carbocycles. The Morgan fingerprint density at radius 3 is 2.54 bits per heavy atom. The topological polar surface area (TPSA) is 22.1 Å². The van der Waals surface area contributed by atoms with Crippen LogP contribution in [0.4, 0.5) is 13.2 Å². The van der Waals surface area contributed by atoms with Crippen LogP contribution in [-0.4, -0.2) is 12.1 Å². The second-order valence-electron chi connectivity index (χ2n) is 2.48. The molecule has 2 nitrogen and oxygen atoms in total. The van der Waals surface area contributed by atoms with E-state index in [1.54, 1.807) is 0 Å². The van der Waals surface area contributed by atoms with Crippen LogP contribution in [0.5, 0.6) is 5.75 Å². The number of hydrogen-bond acceptors (Lipinski definition) is 2. The molecule has 0 saturated heterocycles. The van der Waals surface area contributed by atoms with Gasteiger partial charge in [-0.2, -0.15) is 4.39 Å². The third kappa shape index (κ3) is 1.91. The zero-order valence-electron chi connectivity index (χ0n) is 7.14. The van der Waals surface area contributed by atoms with Crippen LogP contribution in [-0.2, 0) is 0 Å². The van der Waals surface area contributed by atoms with E-state index in [2.05, 4.69) is 9.72 Å². The molecule has 1 rings (SSSR count). The van der Waals surface area contributed by atoms with Crippen LogP contribution in [0.2, 0.25) is 0 Å². The highest BCUT2D eigenvalue weighted by Crippen LogP contribution is 2.29. The molecule has 0 unspecified atom stereocenters. The van der Waals surface area contributed by atoms with Gasteiger partial charge in [0, 0.05) is 0 Å². The van der Waals surface area contributed by atoms with E-state index in [0.717, 1.165) is 6.07 Å². The average molecular weight is 191 g/mol. The Kier molecular flexibility index (Phi) is 2.75. The highest BCUT2D eigenvalue weighted by molar-refractivity contribution is 5.36. The average Bonchev–Trinajstić information content (AvgIpc) is 2.02. The van der Waals surface area contributed by atoms with E-state index in [9.17, 15) is 13.2 Å². The first-order valence-electron chi connectivity index (χ1n) is 3.55. The Morgan fingerprint density at radius 2 is 2.08 bits per heavy atom. The molecule has 0 aliphatic rings. The maximum absolute atomic E-state index is 12.6. The van der Waals surface area contributed by atoms with Crippen molar-refractivity contribution >= 4 is 0 Å². The normalized spacial score (nSPS) is 10.6. The summed E-state index contributed by atoms with van der Waals surface area (Å²) < 4.78 is 41.8. The van der Waals surface area contributed by atoms with E-state index >= 15 is 0 Å². The van der Waals surface area contributed by atoms with Crippen LogP contribution >= 0.6 is 0 Å². The minimum atomic E-state index is -2.83. The summed E-state index contributed by atoms with van der Waals surface area (Å²) in [6.45, 7) is 1.48. The Morgan fingerprint density at radius 1 is 1.46 bits per heavy atom. The summed E-state index contributed by atoms with van der Waals surface area (Å²) in [6, 6.07) is 1.05. The van der Waals surface area contributed by atoms with Gasteiger partial charge in [0.2, 0.25) is 5.95 Å². The molecule has 0 bridgehead atoms. The zero-order chi connectivity index (χ0) is 10.0. The van der Waals surface area contributed by atoms with E-state index in [1.807, 2.05) is 0 Å². The number of aromatic nitrogens is 1. The lowest BCUT2D eigenvalue weighted by molar-refractivity contribution is 0.140. The first-order chi connectivity index (χ1) is 6.06. The molecule has 0 aliphatic carbocycles. The van der Waals surface area contributed by atoms with Crippen molar-refractivity contribution in [2.45, 2.75) is 13.3 Å². The lowest BCUT2D eigenvalue weighted by atomic mass is 10.2. The van der Waals surface area contributed by atoms with Gasteiger partial charge in [-0.1, -0.05) is 0 Å². The second-order valence-corrected chi connectivity index (χ2v) is 2.48. The van der Waals surface area contributed by atoms with Crippen molar-refractivity contribution in [1.29, 1.82) is 0 Å². The number of rotatable bonds is 2. The summed E-state index contributed by atoms with van der Waals surface area (Å²) in [5.74, 6) is -0.981. The van der Waals surface area contributed by atoms with Crippen LogP contribution < -0.4 is 4.74 Å². The maximum Gasteiger partial charge on any atom is 0.284 e. The van der Waals surface area contributed by atoms with Gasteiger partial charge in [0.1, 0.15) is 5.75 Å². The molecule has 0 saturated carbocycles. The lowest BCUT2D eigenvalue weighted by Crippen LogP contribution is -2.00. The Balaban J connectivity index is 3.29. The Hall–Kier alpha value is -1.26. The molecular formula is C8H8F3NO. The Bertz CT molecular complexity index is 315. The number of halogens is 3. The van der Waals surface area contributed by atoms with E-state index < -0.39 is 18.1 Å². The van der Waals surface area contributed by atoms with Gasteiger partial charge in [0.25, 0.3) is 6.43 Å². The fourth-order valence-electron chi connectivity index (χ4n) is 1.06. The standard InChI is InChI=1S/C8H8F3NO/c1-4-3-5(9)12-6(8(10)11)7(4)13-2/h3,8H,1-2H3. The molecule has 13 heavy (non-hydrogen) atoms. The molecular weight excluding hydrogens is 183 g/mol. The van der Waals surface area contributed by atoms with Crippen LogP contribution in [0.1, 0.15) is 17.7 Å². The number of ether oxygens (including phenoxy) is 1. The minimum Gasteiger partial charge on any atom is -0.494 e. The number of hydrogen-bond donors (Lipinski definition) is 0. The van der Waals surface area contributed by atoms with Gasteiger partial charge in [0.15, 0.2) is 5.69 Å². The zero-order valence-corrected chi connectivity index (χ0v) is 7.14. The quantitative estimate of drug-likeness (QED) is 0.670. The van der Waals surface area contributed by atoms with Crippen molar-refractivity contribution < 1.29 is 17.9 Å². The molecule has 1 aromatic rings. The third-order valence-corrected chi connectivity index (χ3v) is 1.56. The lowest BCUT2D eigenvalue weighted by Gasteiger charge is -2.09. The fraction of sp³-hybridized carbons (Fsp3) is 0.375. The molecule has 0 aliphatic heterocycles. The number of methoxy groups -OCH3 is 1. The molecule has 5 heteroatoms. The van der Waals surface area contributed by atoms with Gasteiger partial charge in [0.05, 0.1) is 7.11 Å². The highest BCUT2D eigenvalue weighted by Gasteiger charge is 2.18.